The predicted molar refractivity (Wildman–Crippen MR) is 77.1 cm³/mol. The lowest BCUT2D eigenvalue weighted by Gasteiger charge is -2.11. The van der Waals surface area contributed by atoms with Gasteiger partial charge in [0, 0.05) is 24.9 Å². The lowest BCUT2D eigenvalue weighted by atomic mass is 10.2. The molecule has 19 heavy (non-hydrogen) atoms. The smallest absolute Gasteiger partial charge is 0.221 e. The normalized spacial score (nSPS) is 21.4. The number of hydrogen-bond donors (Lipinski definition) is 2. The van der Waals surface area contributed by atoms with Crippen LogP contribution in [-0.4, -0.2) is 31.9 Å². The van der Waals surface area contributed by atoms with Crippen LogP contribution < -0.4 is 10.6 Å². The van der Waals surface area contributed by atoms with Gasteiger partial charge in [-0.05, 0) is 24.3 Å². The van der Waals surface area contributed by atoms with Crippen molar-refractivity contribution in [2.45, 2.75) is 31.6 Å². The Balaban J connectivity index is 1.86. The molecule has 1 amide bonds. The molecule has 1 aromatic rings. The van der Waals surface area contributed by atoms with Crippen molar-refractivity contribution >= 4 is 32.8 Å². The fourth-order valence-electron chi connectivity index (χ4n) is 2.21. The molecule has 0 aromatic carbocycles. The van der Waals surface area contributed by atoms with E-state index in [1.165, 1.54) is 6.92 Å². The molecular formula is C12H18N2O3S2. The Morgan fingerprint density at radius 2 is 2.32 bits per heavy atom. The van der Waals surface area contributed by atoms with Crippen molar-refractivity contribution < 1.29 is 13.2 Å². The number of amides is 1. The highest BCUT2D eigenvalue weighted by Gasteiger charge is 2.30. The molecule has 1 aliphatic heterocycles. The maximum Gasteiger partial charge on any atom is 0.221 e. The van der Waals surface area contributed by atoms with E-state index < -0.39 is 9.84 Å². The third-order valence-corrected chi connectivity index (χ3v) is 6.37. The monoisotopic (exact) mass is 302 g/mol. The summed E-state index contributed by atoms with van der Waals surface area (Å²) >= 11 is 1.55. The van der Waals surface area contributed by atoms with Gasteiger partial charge in [-0.1, -0.05) is 0 Å². The Morgan fingerprint density at radius 1 is 1.53 bits per heavy atom. The van der Waals surface area contributed by atoms with E-state index in [9.17, 15) is 13.2 Å². The zero-order chi connectivity index (χ0) is 13.9. The van der Waals surface area contributed by atoms with Crippen LogP contribution in [-0.2, 0) is 21.2 Å². The minimum atomic E-state index is -2.89. The first-order chi connectivity index (χ1) is 8.99. The van der Waals surface area contributed by atoms with Crippen molar-refractivity contribution in [3.63, 3.8) is 0 Å². The molecule has 1 aromatic heterocycles. The van der Waals surface area contributed by atoms with E-state index in [1.807, 2.05) is 11.4 Å². The number of nitrogens with one attached hydrogen (secondary N) is 2. The second kappa shape index (κ2) is 6.02. The van der Waals surface area contributed by atoms with Crippen molar-refractivity contribution in [2.24, 2.45) is 0 Å². The summed E-state index contributed by atoms with van der Waals surface area (Å²) in [6, 6.07) is 1.86. The molecule has 1 atom stereocenters. The van der Waals surface area contributed by atoms with E-state index in [2.05, 4.69) is 10.6 Å². The highest BCUT2D eigenvalue weighted by molar-refractivity contribution is 7.92. The van der Waals surface area contributed by atoms with Gasteiger partial charge in [-0.2, -0.15) is 0 Å². The lowest BCUT2D eigenvalue weighted by molar-refractivity contribution is -0.114. The number of rotatable bonds is 5. The summed E-state index contributed by atoms with van der Waals surface area (Å²) in [6.07, 6.45) is 1.52. The van der Waals surface area contributed by atoms with Crippen LogP contribution in [0.5, 0.6) is 0 Å². The summed E-state index contributed by atoms with van der Waals surface area (Å²) in [5, 5.41) is 7.60. The zero-order valence-corrected chi connectivity index (χ0v) is 12.4. The number of carbonyl (C=O) groups excluding carboxylic acids is 1. The van der Waals surface area contributed by atoms with Crippen LogP contribution in [0.1, 0.15) is 24.6 Å². The number of sulfone groups is 1. The molecule has 0 radical (unpaired) electrons. The summed E-state index contributed by atoms with van der Waals surface area (Å²) in [5.74, 6) is 0.216. The Kier molecular flexibility index (Phi) is 4.59. The van der Waals surface area contributed by atoms with Crippen LogP contribution in [0, 0.1) is 0 Å². The van der Waals surface area contributed by atoms with Gasteiger partial charge in [-0.15, -0.1) is 11.3 Å². The quantitative estimate of drug-likeness (QED) is 0.861. The van der Waals surface area contributed by atoms with Crippen LogP contribution in [0.4, 0.5) is 5.69 Å². The summed E-state index contributed by atoms with van der Waals surface area (Å²) in [5.41, 5.74) is 0.805. The Labute approximate surface area is 117 Å². The third kappa shape index (κ3) is 3.77. The van der Waals surface area contributed by atoms with Crippen LogP contribution in [0.25, 0.3) is 0 Å². The zero-order valence-electron chi connectivity index (χ0n) is 10.8. The van der Waals surface area contributed by atoms with Crippen LogP contribution in [0.2, 0.25) is 0 Å². The van der Waals surface area contributed by atoms with E-state index >= 15 is 0 Å². The van der Waals surface area contributed by atoms with Crippen LogP contribution in [0.3, 0.4) is 0 Å². The van der Waals surface area contributed by atoms with Gasteiger partial charge in [-0.25, -0.2) is 8.42 Å². The molecule has 5 nitrogen and oxygen atoms in total. The Morgan fingerprint density at radius 3 is 2.95 bits per heavy atom. The van der Waals surface area contributed by atoms with E-state index in [-0.39, 0.29) is 11.2 Å². The van der Waals surface area contributed by atoms with Gasteiger partial charge < -0.3 is 10.6 Å². The second-order valence-corrected chi connectivity index (χ2v) is 8.10. The third-order valence-electron chi connectivity index (χ3n) is 3.18. The molecule has 0 spiro atoms. The van der Waals surface area contributed by atoms with Crippen molar-refractivity contribution in [3.05, 3.63) is 16.3 Å². The fourth-order valence-corrected chi connectivity index (χ4v) is 4.81. The first kappa shape index (κ1) is 14.5. The largest absolute Gasteiger partial charge is 0.325 e. The van der Waals surface area contributed by atoms with Crippen molar-refractivity contribution in [2.75, 3.05) is 17.6 Å². The van der Waals surface area contributed by atoms with Gasteiger partial charge in [0.2, 0.25) is 5.91 Å². The lowest BCUT2D eigenvalue weighted by Crippen LogP contribution is -2.30. The molecule has 106 valence electrons. The molecule has 7 heteroatoms. The average Bonchev–Trinajstić information content (AvgIpc) is 2.86. The maximum atomic E-state index is 11.7. The first-order valence-electron chi connectivity index (χ1n) is 6.25. The molecule has 0 aliphatic carbocycles. The summed E-state index contributed by atoms with van der Waals surface area (Å²) in [6.45, 7) is 2.54. The molecule has 1 saturated heterocycles. The minimum Gasteiger partial charge on any atom is -0.325 e. The van der Waals surface area contributed by atoms with Gasteiger partial charge in [0.05, 0.1) is 16.7 Å². The highest BCUT2D eigenvalue weighted by atomic mass is 32.2. The summed E-state index contributed by atoms with van der Waals surface area (Å²) in [7, 11) is -2.89. The molecule has 1 aliphatic rings. The molecule has 1 fully saturated rings. The van der Waals surface area contributed by atoms with Crippen LogP contribution >= 0.6 is 11.3 Å². The molecule has 2 rings (SSSR count). The number of anilines is 1. The molecular weight excluding hydrogens is 284 g/mol. The highest BCUT2D eigenvalue weighted by Crippen LogP contribution is 2.23. The number of hydrogen-bond acceptors (Lipinski definition) is 5. The van der Waals surface area contributed by atoms with E-state index in [0.717, 1.165) is 23.4 Å². The van der Waals surface area contributed by atoms with E-state index in [1.54, 1.807) is 11.3 Å². The standard InChI is InChI=1S/C12H18N2O3S2/c1-9(15)14-11-4-5-18-12(11)8-13-7-10-3-2-6-19(10,16)17/h4-5,10,13H,2-3,6-8H2,1H3,(H,14,15). The molecule has 2 heterocycles. The molecule has 0 saturated carbocycles. The summed E-state index contributed by atoms with van der Waals surface area (Å²) < 4.78 is 23.3. The summed E-state index contributed by atoms with van der Waals surface area (Å²) in [4.78, 5) is 12.0. The van der Waals surface area contributed by atoms with Crippen molar-refractivity contribution in [1.82, 2.24) is 5.32 Å². The van der Waals surface area contributed by atoms with Gasteiger partial charge in [0.15, 0.2) is 9.84 Å². The molecule has 1 unspecified atom stereocenters. The van der Waals surface area contributed by atoms with E-state index in [0.29, 0.717) is 18.8 Å². The predicted octanol–water partition coefficient (Wildman–Crippen LogP) is 1.37. The fraction of sp³-hybridized carbons (Fsp3) is 0.583. The number of thiophene rings is 1. The van der Waals surface area contributed by atoms with Gasteiger partial charge in [0.25, 0.3) is 0 Å². The average molecular weight is 302 g/mol. The Bertz CT molecular complexity index is 551. The van der Waals surface area contributed by atoms with Crippen molar-refractivity contribution in [3.8, 4) is 0 Å². The molecule has 0 bridgehead atoms. The van der Waals surface area contributed by atoms with Gasteiger partial charge >= 0.3 is 0 Å². The van der Waals surface area contributed by atoms with E-state index in [4.69, 9.17) is 0 Å². The maximum absolute atomic E-state index is 11.7. The van der Waals surface area contributed by atoms with Gasteiger partial charge in [0.1, 0.15) is 0 Å². The van der Waals surface area contributed by atoms with Gasteiger partial charge in [-0.3, -0.25) is 4.79 Å². The van der Waals surface area contributed by atoms with Crippen molar-refractivity contribution in [1.29, 1.82) is 0 Å². The minimum absolute atomic E-state index is 0.0991. The SMILES string of the molecule is CC(=O)Nc1ccsc1CNCC1CCCS1(=O)=O. The first-order valence-corrected chi connectivity index (χ1v) is 8.85. The van der Waals surface area contributed by atoms with Crippen LogP contribution in [0.15, 0.2) is 11.4 Å². The molecule has 2 N–H and O–H groups in total. The second-order valence-electron chi connectivity index (χ2n) is 4.70. The number of carbonyl (C=O) groups is 1. The topological polar surface area (TPSA) is 75.3 Å². The Hall–Kier alpha value is -0.920.